The van der Waals surface area contributed by atoms with E-state index >= 15 is 0 Å². The molecular formula is C17H17F3N4OS. The van der Waals surface area contributed by atoms with Gasteiger partial charge in [0.05, 0.1) is 11.6 Å². The summed E-state index contributed by atoms with van der Waals surface area (Å²) in [5.74, 6) is -1.04. The first kappa shape index (κ1) is 17.4. The number of anilines is 1. The number of halogens is 3. The highest BCUT2D eigenvalue weighted by Gasteiger charge is 2.67. The number of thiazole rings is 1. The molecule has 0 aromatic carbocycles. The number of alkyl halides is 3. The van der Waals surface area contributed by atoms with E-state index in [0.717, 1.165) is 29.7 Å². The maximum absolute atomic E-state index is 13.9. The van der Waals surface area contributed by atoms with E-state index in [1.807, 2.05) is 0 Å². The number of rotatable bonds is 2. The third kappa shape index (κ3) is 2.69. The molecule has 0 saturated heterocycles. The molecule has 0 bridgehead atoms. The first-order chi connectivity index (χ1) is 12.4. The summed E-state index contributed by atoms with van der Waals surface area (Å²) in [5, 5.41) is 17.4. The van der Waals surface area contributed by atoms with Crippen LogP contribution in [0, 0.1) is 5.92 Å². The first-order valence-electron chi connectivity index (χ1n) is 8.44. The average molecular weight is 382 g/mol. The lowest BCUT2D eigenvalue weighted by molar-refractivity contribution is -0.268. The van der Waals surface area contributed by atoms with Gasteiger partial charge in [0, 0.05) is 29.0 Å². The van der Waals surface area contributed by atoms with Crippen molar-refractivity contribution in [1.29, 1.82) is 0 Å². The fraction of sp³-hybridized carbons (Fsp3) is 0.471. The van der Waals surface area contributed by atoms with Crippen LogP contribution in [0.1, 0.15) is 32.1 Å². The summed E-state index contributed by atoms with van der Waals surface area (Å²) < 4.78 is 41.8. The van der Waals surface area contributed by atoms with E-state index in [9.17, 15) is 18.3 Å². The third-order valence-electron chi connectivity index (χ3n) is 4.93. The SMILES string of the molecule is O[C@]1(C(F)(F)F)[C@H]2CCCCCC2=NN1c1nc(-c2ccncc2)cs1. The Morgan fingerprint density at radius 2 is 1.96 bits per heavy atom. The quantitative estimate of drug-likeness (QED) is 0.845. The van der Waals surface area contributed by atoms with Crippen LogP contribution < -0.4 is 5.01 Å². The molecular weight excluding hydrogens is 365 g/mol. The molecule has 0 amide bonds. The third-order valence-corrected chi connectivity index (χ3v) is 5.75. The highest BCUT2D eigenvalue weighted by atomic mass is 32.1. The number of aliphatic hydroxyl groups is 1. The van der Waals surface area contributed by atoms with Gasteiger partial charge < -0.3 is 5.11 Å². The van der Waals surface area contributed by atoms with E-state index in [2.05, 4.69) is 15.1 Å². The largest absolute Gasteiger partial charge is 0.439 e. The minimum Gasteiger partial charge on any atom is -0.362 e. The molecule has 26 heavy (non-hydrogen) atoms. The fourth-order valence-electron chi connectivity index (χ4n) is 3.60. The number of aromatic nitrogens is 2. The van der Waals surface area contributed by atoms with Crippen LogP contribution in [0.5, 0.6) is 0 Å². The molecule has 1 aliphatic carbocycles. The van der Waals surface area contributed by atoms with Gasteiger partial charge in [0.15, 0.2) is 0 Å². The molecule has 1 fully saturated rings. The Morgan fingerprint density at radius 3 is 2.69 bits per heavy atom. The molecule has 0 radical (unpaired) electrons. The fourth-order valence-corrected chi connectivity index (χ4v) is 4.44. The molecule has 2 aliphatic rings. The van der Waals surface area contributed by atoms with Crippen LogP contribution in [0.3, 0.4) is 0 Å². The van der Waals surface area contributed by atoms with E-state index in [4.69, 9.17) is 0 Å². The number of hydrazone groups is 1. The van der Waals surface area contributed by atoms with Crippen molar-refractivity contribution >= 4 is 22.2 Å². The molecule has 2 aromatic heterocycles. The van der Waals surface area contributed by atoms with E-state index < -0.39 is 17.8 Å². The monoisotopic (exact) mass is 382 g/mol. The summed E-state index contributed by atoms with van der Waals surface area (Å²) in [6.07, 6.45) is 1.38. The van der Waals surface area contributed by atoms with Gasteiger partial charge in [0.2, 0.25) is 5.13 Å². The number of hydrogen-bond donors (Lipinski definition) is 1. The van der Waals surface area contributed by atoms with Crippen LogP contribution in [-0.4, -0.2) is 32.7 Å². The number of pyridine rings is 1. The summed E-state index contributed by atoms with van der Waals surface area (Å²) in [7, 11) is 0. The molecule has 3 heterocycles. The lowest BCUT2D eigenvalue weighted by Gasteiger charge is -2.37. The van der Waals surface area contributed by atoms with Crippen molar-refractivity contribution in [1.82, 2.24) is 9.97 Å². The Hall–Kier alpha value is -2.00. The van der Waals surface area contributed by atoms with E-state index in [0.29, 0.717) is 29.3 Å². The Morgan fingerprint density at radius 1 is 1.19 bits per heavy atom. The lowest BCUT2D eigenvalue weighted by Crippen LogP contribution is -2.60. The molecule has 0 spiro atoms. The van der Waals surface area contributed by atoms with Crippen molar-refractivity contribution in [2.24, 2.45) is 11.0 Å². The molecule has 1 aliphatic heterocycles. The molecule has 2 atom stereocenters. The first-order valence-corrected chi connectivity index (χ1v) is 9.32. The zero-order chi connectivity index (χ0) is 18.4. The second-order valence-electron chi connectivity index (χ2n) is 6.53. The summed E-state index contributed by atoms with van der Waals surface area (Å²) >= 11 is 1.04. The highest BCUT2D eigenvalue weighted by Crippen LogP contribution is 2.50. The topological polar surface area (TPSA) is 61.6 Å². The van der Waals surface area contributed by atoms with Crippen molar-refractivity contribution in [3.05, 3.63) is 29.9 Å². The summed E-state index contributed by atoms with van der Waals surface area (Å²) in [4.78, 5) is 8.23. The minimum absolute atomic E-state index is 0.0391. The van der Waals surface area contributed by atoms with Gasteiger partial charge in [0.25, 0.3) is 5.72 Å². The van der Waals surface area contributed by atoms with E-state index in [1.165, 1.54) is 0 Å². The van der Waals surface area contributed by atoms with Gasteiger partial charge >= 0.3 is 6.18 Å². The number of hydrogen-bond acceptors (Lipinski definition) is 6. The molecule has 138 valence electrons. The molecule has 4 rings (SSSR count). The zero-order valence-corrected chi connectivity index (χ0v) is 14.6. The Kier molecular flexibility index (Phi) is 4.23. The van der Waals surface area contributed by atoms with Crippen LogP contribution in [0.2, 0.25) is 0 Å². The zero-order valence-electron chi connectivity index (χ0n) is 13.8. The predicted molar refractivity (Wildman–Crippen MR) is 92.8 cm³/mol. The van der Waals surface area contributed by atoms with Gasteiger partial charge in [0.1, 0.15) is 0 Å². The normalized spacial score (nSPS) is 26.4. The van der Waals surface area contributed by atoms with Crippen molar-refractivity contribution in [2.75, 3.05) is 5.01 Å². The molecule has 9 heteroatoms. The van der Waals surface area contributed by atoms with Gasteiger partial charge in [-0.25, -0.2) is 4.98 Å². The van der Waals surface area contributed by atoms with Crippen molar-refractivity contribution < 1.29 is 18.3 Å². The minimum atomic E-state index is -4.84. The molecule has 1 N–H and O–H groups in total. The summed E-state index contributed by atoms with van der Waals surface area (Å²) in [6, 6.07) is 3.46. The van der Waals surface area contributed by atoms with E-state index in [1.54, 1.807) is 29.9 Å². The van der Waals surface area contributed by atoms with Gasteiger partial charge in [-0.1, -0.05) is 12.8 Å². The van der Waals surface area contributed by atoms with Gasteiger partial charge in [-0.2, -0.15) is 23.3 Å². The number of nitrogens with zero attached hydrogens (tertiary/aromatic N) is 4. The van der Waals surface area contributed by atoms with Crippen LogP contribution in [0.15, 0.2) is 35.0 Å². The van der Waals surface area contributed by atoms with E-state index in [-0.39, 0.29) is 11.6 Å². The Labute approximate surface area is 152 Å². The van der Waals surface area contributed by atoms with Crippen LogP contribution >= 0.6 is 11.3 Å². The molecule has 2 aromatic rings. The predicted octanol–water partition coefficient (Wildman–Crippen LogP) is 4.21. The van der Waals surface area contributed by atoms with Crippen molar-refractivity contribution in [3.63, 3.8) is 0 Å². The van der Waals surface area contributed by atoms with Gasteiger partial charge in [-0.3, -0.25) is 4.98 Å². The standard InChI is InChI=1S/C17H17F3N4OS/c18-17(19,20)16(25)12-4-2-1-3-5-13(12)23-24(16)15-22-14(10-26-15)11-6-8-21-9-7-11/h6-10,12,25H,1-5H2/t12-,16-/m0/s1. The smallest absolute Gasteiger partial charge is 0.362 e. The second-order valence-corrected chi connectivity index (χ2v) is 7.37. The lowest BCUT2D eigenvalue weighted by atomic mass is 9.87. The molecule has 5 nitrogen and oxygen atoms in total. The van der Waals surface area contributed by atoms with Gasteiger partial charge in [-0.15, -0.1) is 11.3 Å². The van der Waals surface area contributed by atoms with Crippen molar-refractivity contribution in [2.45, 2.75) is 44.0 Å². The Bertz CT molecular complexity index is 823. The maximum Gasteiger partial charge on any atom is 0.439 e. The van der Waals surface area contributed by atoms with Crippen LogP contribution in [0.4, 0.5) is 18.3 Å². The number of fused-ring (bicyclic) bond motifs is 1. The van der Waals surface area contributed by atoms with Crippen LogP contribution in [-0.2, 0) is 0 Å². The summed E-state index contributed by atoms with van der Waals surface area (Å²) in [5.41, 5.74) is -1.34. The molecule has 1 saturated carbocycles. The van der Waals surface area contributed by atoms with Crippen molar-refractivity contribution in [3.8, 4) is 11.3 Å². The molecule has 0 unspecified atom stereocenters. The van der Waals surface area contributed by atoms with Crippen LogP contribution in [0.25, 0.3) is 11.3 Å². The highest BCUT2D eigenvalue weighted by molar-refractivity contribution is 7.14. The average Bonchev–Trinajstić information content (AvgIpc) is 3.12. The van der Waals surface area contributed by atoms with Gasteiger partial charge in [-0.05, 0) is 31.4 Å². The summed E-state index contributed by atoms with van der Waals surface area (Å²) in [6.45, 7) is 0. The Balaban J connectivity index is 1.76. The maximum atomic E-state index is 13.9. The second kappa shape index (κ2) is 6.31.